The third kappa shape index (κ3) is 3.51. The maximum Gasteiger partial charge on any atom is 0.276 e. The topological polar surface area (TPSA) is 76.6 Å². The molecule has 2 aliphatic rings. The number of aromatic nitrogens is 2. The van der Waals surface area contributed by atoms with Crippen LogP contribution < -0.4 is 10.2 Å². The van der Waals surface area contributed by atoms with Crippen LogP contribution >= 0.6 is 0 Å². The Balaban J connectivity index is 1.38. The summed E-state index contributed by atoms with van der Waals surface area (Å²) < 4.78 is 24.6. The molecule has 0 bridgehead atoms. The van der Waals surface area contributed by atoms with Gasteiger partial charge in [0.15, 0.2) is 17.3 Å². The highest BCUT2D eigenvalue weighted by molar-refractivity contribution is 6.02. The van der Waals surface area contributed by atoms with Crippen molar-refractivity contribution in [3.8, 4) is 0 Å². The first kappa shape index (κ1) is 16.9. The van der Waals surface area contributed by atoms with E-state index in [-0.39, 0.29) is 5.69 Å². The van der Waals surface area contributed by atoms with Crippen molar-refractivity contribution in [3.05, 3.63) is 47.9 Å². The van der Waals surface area contributed by atoms with E-state index in [9.17, 15) is 9.18 Å². The predicted octanol–water partition coefficient (Wildman–Crippen LogP) is 2.21. The van der Waals surface area contributed by atoms with Crippen molar-refractivity contribution < 1.29 is 18.7 Å². The summed E-state index contributed by atoms with van der Waals surface area (Å²) in [5.74, 6) is -0.572. The van der Waals surface area contributed by atoms with Crippen LogP contribution in [0, 0.1) is 5.82 Å². The second-order valence-corrected chi connectivity index (χ2v) is 6.34. The number of ether oxygens (including phenoxy) is 2. The molecule has 1 aromatic heterocycles. The Labute approximate surface area is 150 Å². The van der Waals surface area contributed by atoms with E-state index in [2.05, 4.69) is 20.4 Å². The number of benzene rings is 1. The Kier molecular flexibility index (Phi) is 4.52. The van der Waals surface area contributed by atoms with Crippen molar-refractivity contribution in [3.63, 3.8) is 0 Å². The van der Waals surface area contributed by atoms with Crippen LogP contribution in [0.25, 0.3) is 0 Å². The van der Waals surface area contributed by atoms with Gasteiger partial charge in [-0.2, -0.15) is 0 Å². The fourth-order valence-electron chi connectivity index (χ4n) is 3.24. The molecule has 4 rings (SSSR count). The van der Waals surface area contributed by atoms with Gasteiger partial charge in [-0.05, 0) is 30.3 Å². The Morgan fingerprint density at radius 3 is 2.54 bits per heavy atom. The van der Waals surface area contributed by atoms with Gasteiger partial charge >= 0.3 is 0 Å². The van der Waals surface area contributed by atoms with E-state index in [0.29, 0.717) is 24.7 Å². The third-order valence-electron chi connectivity index (χ3n) is 4.63. The molecule has 1 spiro atoms. The molecule has 136 valence electrons. The summed E-state index contributed by atoms with van der Waals surface area (Å²) in [6.45, 7) is 2.80. The molecule has 0 unspecified atom stereocenters. The molecule has 2 fully saturated rings. The number of nitrogens with one attached hydrogen (secondary N) is 1. The SMILES string of the molecule is O=C(Nc1cccc(F)c1)c1ccc(N2CCC3(CC2)OCCO3)nn1. The average Bonchev–Trinajstić information content (AvgIpc) is 3.11. The average molecular weight is 358 g/mol. The van der Waals surface area contributed by atoms with Crippen molar-refractivity contribution in [1.82, 2.24) is 10.2 Å². The summed E-state index contributed by atoms with van der Waals surface area (Å²) in [4.78, 5) is 14.3. The molecule has 0 saturated carbocycles. The van der Waals surface area contributed by atoms with Crippen molar-refractivity contribution in [2.24, 2.45) is 0 Å². The molecular weight excluding hydrogens is 339 g/mol. The molecule has 3 heterocycles. The van der Waals surface area contributed by atoms with Crippen molar-refractivity contribution in [2.45, 2.75) is 18.6 Å². The molecule has 8 heteroatoms. The minimum absolute atomic E-state index is 0.175. The zero-order valence-electron chi connectivity index (χ0n) is 14.2. The van der Waals surface area contributed by atoms with E-state index in [4.69, 9.17) is 9.47 Å². The van der Waals surface area contributed by atoms with Gasteiger partial charge in [0.1, 0.15) is 5.82 Å². The molecule has 0 radical (unpaired) electrons. The minimum atomic E-state index is -0.436. The number of hydrogen-bond donors (Lipinski definition) is 1. The van der Waals surface area contributed by atoms with Gasteiger partial charge in [0.05, 0.1) is 13.2 Å². The summed E-state index contributed by atoms with van der Waals surface area (Å²) in [6, 6.07) is 9.08. The molecule has 1 N–H and O–H groups in total. The van der Waals surface area contributed by atoms with Gasteiger partial charge in [-0.15, -0.1) is 10.2 Å². The number of carbonyl (C=O) groups is 1. The van der Waals surface area contributed by atoms with Gasteiger partial charge in [0.25, 0.3) is 5.91 Å². The smallest absolute Gasteiger partial charge is 0.276 e. The van der Waals surface area contributed by atoms with Gasteiger partial charge in [-0.3, -0.25) is 4.79 Å². The normalized spacial score (nSPS) is 18.9. The van der Waals surface area contributed by atoms with Gasteiger partial charge in [-0.1, -0.05) is 6.07 Å². The number of anilines is 2. The van der Waals surface area contributed by atoms with Crippen LogP contribution in [0.3, 0.4) is 0 Å². The molecule has 0 atom stereocenters. The van der Waals surface area contributed by atoms with E-state index >= 15 is 0 Å². The summed E-state index contributed by atoms with van der Waals surface area (Å²) in [6.07, 6.45) is 1.55. The number of nitrogens with zero attached hydrogens (tertiary/aromatic N) is 3. The molecular formula is C18H19FN4O3. The van der Waals surface area contributed by atoms with E-state index in [1.54, 1.807) is 18.2 Å². The summed E-state index contributed by atoms with van der Waals surface area (Å²) >= 11 is 0. The van der Waals surface area contributed by atoms with E-state index < -0.39 is 17.5 Å². The van der Waals surface area contributed by atoms with Crippen molar-refractivity contribution in [1.29, 1.82) is 0 Å². The maximum absolute atomic E-state index is 13.2. The number of halogens is 1. The third-order valence-corrected chi connectivity index (χ3v) is 4.63. The van der Waals surface area contributed by atoms with Crippen LogP contribution in [0.2, 0.25) is 0 Å². The highest BCUT2D eigenvalue weighted by Gasteiger charge is 2.40. The zero-order chi connectivity index (χ0) is 18.0. The largest absolute Gasteiger partial charge is 0.355 e. The van der Waals surface area contributed by atoms with E-state index in [0.717, 1.165) is 25.9 Å². The molecule has 1 aromatic carbocycles. The van der Waals surface area contributed by atoms with Gasteiger partial charge in [-0.25, -0.2) is 4.39 Å². The summed E-state index contributed by atoms with van der Waals surface area (Å²) in [7, 11) is 0. The highest BCUT2D eigenvalue weighted by atomic mass is 19.1. The first-order valence-electron chi connectivity index (χ1n) is 8.57. The minimum Gasteiger partial charge on any atom is -0.355 e. The predicted molar refractivity (Wildman–Crippen MR) is 92.5 cm³/mol. The van der Waals surface area contributed by atoms with Crippen LogP contribution in [0.15, 0.2) is 36.4 Å². The Morgan fingerprint density at radius 1 is 1.12 bits per heavy atom. The molecule has 26 heavy (non-hydrogen) atoms. The fraction of sp³-hybridized carbons (Fsp3) is 0.389. The summed E-state index contributed by atoms with van der Waals surface area (Å²) in [5.41, 5.74) is 0.549. The van der Waals surface area contributed by atoms with Gasteiger partial charge in [0, 0.05) is 31.6 Å². The van der Waals surface area contributed by atoms with Gasteiger partial charge in [0.2, 0.25) is 0 Å². The molecule has 1 amide bonds. The monoisotopic (exact) mass is 358 g/mol. The van der Waals surface area contributed by atoms with Crippen molar-refractivity contribution in [2.75, 3.05) is 36.5 Å². The standard InChI is InChI=1S/C18H19FN4O3/c19-13-2-1-3-14(12-13)20-17(24)15-4-5-16(22-21-15)23-8-6-18(7-9-23)25-10-11-26-18/h1-5,12H,6-11H2,(H,20,24). The van der Waals surface area contributed by atoms with Crippen molar-refractivity contribution >= 4 is 17.4 Å². The number of amides is 1. The van der Waals surface area contributed by atoms with E-state index in [1.165, 1.54) is 18.2 Å². The fourth-order valence-corrected chi connectivity index (χ4v) is 3.24. The lowest BCUT2D eigenvalue weighted by Gasteiger charge is -2.37. The lowest BCUT2D eigenvalue weighted by molar-refractivity contribution is -0.169. The number of hydrogen-bond acceptors (Lipinski definition) is 6. The van der Waals surface area contributed by atoms with Crippen LogP contribution in [-0.4, -0.2) is 48.2 Å². The summed E-state index contributed by atoms with van der Waals surface area (Å²) in [5, 5.41) is 10.8. The molecule has 2 saturated heterocycles. The Hall–Kier alpha value is -2.58. The second kappa shape index (κ2) is 6.97. The van der Waals surface area contributed by atoms with Crippen LogP contribution in [0.4, 0.5) is 15.9 Å². The molecule has 2 aliphatic heterocycles. The second-order valence-electron chi connectivity index (χ2n) is 6.34. The first-order valence-corrected chi connectivity index (χ1v) is 8.57. The molecule has 0 aliphatic carbocycles. The van der Waals surface area contributed by atoms with E-state index in [1.807, 2.05) is 0 Å². The number of rotatable bonds is 3. The maximum atomic E-state index is 13.2. The quantitative estimate of drug-likeness (QED) is 0.907. The lowest BCUT2D eigenvalue weighted by Crippen LogP contribution is -2.45. The Morgan fingerprint density at radius 2 is 1.88 bits per heavy atom. The first-order chi connectivity index (χ1) is 12.6. The van der Waals surface area contributed by atoms with Crippen LogP contribution in [0.1, 0.15) is 23.3 Å². The number of carbonyl (C=O) groups excluding carboxylic acids is 1. The van der Waals surface area contributed by atoms with Crippen LogP contribution in [0.5, 0.6) is 0 Å². The van der Waals surface area contributed by atoms with Gasteiger partial charge < -0.3 is 19.7 Å². The lowest BCUT2D eigenvalue weighted by atomic mass is 10.0. The molecule has 2 aromatic rings. The zero-order valence-corrected chi connectivity index (χ0v) is 14.2. The molecule has 7 nitrogen and oxygen atoms in total. The highest BCUT2D eigenvalue weighted by Crippen LogP contribution is 2.32. The number of piperidine rings is 1. The van der Waals surface area contributed by atoms with Crippen LogP contribution in [-0.2, 0) is 9.47 Å². The Bertz CT molecular complexity index is 783.